The number of piperazine rings is 1. The van der Waals surface area contributed by atoms with E-state index < -0.39 is 0 Å². The molecular formula is C26H26ClN5O. The van der Waals surface area contributed by atoms with Gasteiger partial charge in [-0.25, -0.2) is 4.68 Å². The first-order valence-corrected chi connectivity index (χ1v) is 11.5. The zero-order chi connectivity index (χ0) is 22.6. The molecule has 1 aliphatic heterocycles. The third kappa shape index (κ3) is 5.18. The number of aromatic nitrogens is 2. The smallest absolute Gasteiger partial charge is 0.155 e. The standard InChI is InChI=1S/C26H26ClN5O/c1-20-7-12-25(33-20)26-22(19-32(29-26)24-5-3-2-4-6-24)17-28-31-15-13-30(14-16-31)18-21-8-10-23(27)11-9-21/h2-12,17,19H,13-16,18H2,1H3. The monoisotopic (exact) mass is 459 g/mol. The van der Waals surface area contributed by atoms with Gasteiger partial charge in [-0.05, 0) is 48.9 Å². The predicted octanol–water partition coefficient (Wildman–Crippen LogP) is 5.25. The maximum atomic E-state index is 6.00. The highest BCUT2D eigenvalue weighted by atomic mass is 35.5. The molecule has 6 nitrogen and oxygen atoms in total. The van der Waals surface area contributed by atoms with Gasteiger partial charge in [0.15, 0.2) is 5.76 Å². The van der Waals surface area contributed by atoms with Gasteiger partial charge in [0.2, 0.25) is 0 Å². The SMILES string of the molecule is Cc1ccc(-c2nn(-c3ccccc3)cc2C=NN2CCN(Cc3ccc(Cl)cc3)CC2)o1. The van der Waals surface area contributed by atoms with Crippen molar-refractivity contribution in [2.75, 3.05) is 26.2 Å². The van der Waals surface area contributed by atoms with Gasteiger partial charge in [-0.15, -0.1) is 0 Å². The normalized spacial score (nSPS) is 14.9. The second kappa shape index (κ2) is 9.65. The molecule has 2 aromatic heterocycles. The van der Waals surface area contributed by atoms with Crippen LogP contribution in [0.4, 0.5) is 0 Å². The number of rotatable bonds is 6. The molecule has 0 spiro atoms. The number of hydrogen-bond acceptors (Lipinski definition) is 5. The van der Waals surface area contributed by atoms with Crippen LogP contribution >= 0.6 is 11.6 Å². The molecule has 0 atom stereocenters. The number of aryl methyl sites for hydroxylation is 1. The third-order valence-electron chi connectivity index (χ3n) is 5.77. The lowest BCUT2D eigenvalue weighted by Crippen LogP contribution is -2.43. The lowest BCUT2D eigenvalue weighted by molar-refractivity contribution is 0.131. The Morgan fingerprint density at radius 1 is 0.970 bits per heavy atom. The molecule has 1 fully saturated rings. The second-order valence-corrected chi connectivity index (χ2v) is 8.66. The van der Waals surface area contributed by atoms with Crippen molar-refractivity contribution in [1.29, 1.82) is 0 Å². The third-order valence-corrected chi connectivity index (χ3v) is 6.02. The molecule has 0 aliphatic carbocycles. The first-order chi connectivity index (χ1) is 16.1. The maximum absolute atomic E-state index is 6.00. The number of benzene rings is 2. The van der Waals surface area contributed by atoms with Crippen molar-refractivity contribution in [1.82, 2.24) is 19.7 Å². The van der Waals surface area contributed by atoms with Crippen LogP contribution in [0.2, 0.25) is 5.02 Å². The molecule has 1 saturated heterocycles. The molecule has 0 saturated carbocycles. The average molecular weight is 460 g/mol. The number of furan rings is 1. The lowest BCUT2D eigenvalue weighted by atomic mass is 10.2. The average Bonchev–Trinajstić information content (AvgIpc) is 3.47. The summed E-state index contributed by atoms with van der Waals surface area (Å²) in [5, 5.41) is 12.5. The fourth-order valence-electron chi connectivity index (χ4n) is 3.95. The number of hydrazone groups is 1. The molecule has 5 rings (SSSR count). The highest BCUT2D eigenvalue weighted by Gasteiger charge is 2.17. The number of halogens is 1. The Hall–Kier alpha value is -3.35. The summed E-state index contributed by atoms with van der Waals surface area (Å²) in [5.74, 6) is 1.61. The summed E-state index contributed by atoms with van der Waals surface area (Å²) >= 11 is 6.00. The van der Waals surface area contributed by atoms with E-state index in [0.717, 1.165) is 66.2 Å². The summed E-state index contributed by atoms with van der Waals surface area (Å²) in [4.78, 5) is 2.44. The highest BCUT2D eigenvalue weighted by Crippen LogP contribution is 2.25. The Labute approximate surface area is 198 Å². The summed E-state index contributed by atoms with van der Waals surface area (Å²) in [6.45, 7) is 6.56. The predicted molar refractivity (Wildman–Crippen MR) is 132 cm³/mol. The van der Waals surface area contributed by atoms with E-state index in [-0.39, 0.29) is 0 Å². The van der Waals surface area contributed by atoms with Crippen LogP contribution in [-0.4, -0.2) is 52.1 Å². The van der Waals surface area contributed by atoms with E-state index in [9.17, 15) is 0 Å². The van der Waals surface area contributed by atoms with Gasteiger partial charge < -0.3 is 4.42 Å². The molecule has 2 aromatic carbocycles. The van der Waals surface area contributed by atoms with E-state index in [1.54, 1.807) is 0 Å². The van der Waals surface area contributed by atoms with Gasteiger partial charge >= 0.3 is 0 Å². The van der Waals surface area contributed by atoms with Gasteiger partial charge in [0.25, 0.3) is 0 Å². The Balaban J connectivity index is 1.29. The van der Waals surface area contributed by atoms with Gasteiger partial charge in [-0.1, -0.05) is 41.9 Å². The van der Waals surface area contributed by atoms with Crippen LogP contribution in [0.25, 0.3) is 17.1 Å². The lowest BCUT2D eigenvalue weighted by Gasteiger charge is -2.33. The molecule has 33 heavy (non-hydrogen) atoms. The zero-order valence-electron chi connectivity index (χ0n) is 18.6. The van der Waals surface area contributed by atoms with Crippen molar-refractivity contribution < 1.29 is 4.42 Å². The van der Waals surface area contributed by atoms with E-state index in [1.165, 1.54) is 5.56 Å². The molecule has 0 unspecified atom stereocenters. The number of para-hydroxylation sites is 1. The second-order valence-electron chi connectivity index (χ2n) is 8.22. The number of hydrogen-bond donors (Lipinski definition) is 0. The first kappa shape index (κ1) is 21.5. The van der Waals surface area contributed by atoms with E-state index in [1.807, 2.05) is 78.6 Å². The van der Waals surface area contributed by atoms with Crippen molar-refractivity contribution in [2.45, 2.75) is 13.5 Å². The Bertz CT molecular complexity index is 1220. The molecule has 1 aliphatic rings. The van der Waals surface area contributed by atoms with Crippen LogP contribution < -0.4 is 0 Å². The summed E-state index contributed by atoms with van der Waals surface area (Å²) in [6.07, 6.45) is 3.90. The largest absolute Gasteiger partial charge is 0.460 e. The summed E-state index contributed by atoms with van der Waals surface area (Å²) < 4.78 is 7.74. The van der Waals surface area contributed by atoms with Gasteiger partial charge in [0.1, 0.15) is 11.5 Å². The molecule has 0 bridgehead atoms. The summed E-state index contributed by atoms with van der Waals surface area (Å²) in [6, 6.07) is 22.1. The van der Waals surface area contributed by atoms with Crippen LogP contribution in [0.15, 0.2) is 82.4 Å². The van der Waals surface area contributed by atoms with E-state index in [2.05, 4.69) is 22.0 Å². The fraction of sp³-hybridized carbons (Fsp3) is 0.231. The molecule has 7 heteroatoms. The molecular weight excluding hydrogens is 434 g/mol. The van der Waals surface area contributed by atoms with Crippen molar-refractivity contribution in [3.63, 3.8) is 0 Å². The van der Waals surface area contributed by atoms with E-state index >= 15 is 0 Å². The minimum absolute atomic E-state index is 0.747. The van der Waals surface area contributed by atoms with E-state index in [4.69, 9.17) is 26.2 Å². The van der Waals surface area contributed by atoms with E-state index in [0.29, 0.717) is 0 Å². The molecule has 0 N–H and O–H groups in total. The summed E-state index contributed by atoms with van der Waals surface area (Å²) in [5.41, 5.74) is 3.99. The van der Waals surface area contributed by atoms with Gasteiger partial charge in [0, 0.05) is 49.5 Å². The quantitative estimate of drug-likeness (QED) is 0.370. The number of nitrogens with zero attached hydrogens (tertiary/aromatic N) is 5. The van der Waals surface area contributed by atoms with Crippen molar-refractivity contribution in [3.8, 4) is 17.1 Å². The van der Waals surface area contributed by atoms with Gasteiger partial charge in [0.05, 0.1) is 11.9 Å². The van der Waals surface area contributed by atoms with Gasteiger partial charge in [-0.3, -0.25) is 9.91 Å². The Morgan fingerprint density at radius 3 is 2.42 bits per heavy atom. The van der Waals surface area contributed by atoms with Crippen LogP contribution in [0, 0.1) is 6.92 Å². The zero-order valence-corrected chi connectivity index (χ0v) is 19.3. The molecule has 0 amide bonds. The Morgan fingerprint density at radius 2 is 1.73 bits per heavy atom. The molecule has 168 valence electrons. The first-order valence-electron chi connectivity index (χ1n) is 11.1. The molecule has 0 radical (unpaired) electrons. The van der Waals surface area contributed by atoms with Gasteiger partial charge in [-0.2, -0.15) is 10.2 Å². The molecule has 4 aromatic rings. The van der Waals surface area contributed by atoms with Crippen molar-refractivity contribution in [3.05, 3.63) is 94.8 Å². The van der Waals surface area contributed by atoms with Crippen molar-refractivity contribution in [2.24, 2.45) is 5.10 Å². The maximum Gasteiger partial charge on any atom is 0.155 e. The van der Waals surface area contributed by atoms with Crippen LogP contribution in [0.5, 0.6) is 0 Å². The fourth-order valence-corrected chi connectivity index (χ4v) is 4.08. The Kier molecular flexibility index (Phi) is 6.28. The minimum Gasteiger partial charge on any atom is -0.460 e. The van der Waals surface area contributed by atoms with Crippen molar-refractivity contribution >= 4 is 17.8 Å². The summed E-state index contributed by atoms with van der Waals surface area (Å²) in [7, 11) is 0. The minimum atomic E-state index is 0.747. The van der Waals surface area contributed by atoms with Crippen LogP contribution in [-0.2, 0) is 6.54 Å². The highest BCUT2D eigenvalue weighted by molar-refractivity contribution is 6.30. The van der Waals surface area contributed by atoms with Crippen LogP contribution in [0.3, 0.4) is 0 Å². The molecule has 3 heterocycles. The topological polar surface area (TPSA) is 49.8 Å². The van der Waals surface area contributed by atoms with Crippen LogP contribution in [0.1, 0.15) is 16.9 Å².